The molecular weight excluding hydrogens is 163 g/mol. The summed E-state index contributed by atoms with van der Waals surface area (Å²) in [6, 6.07) is 0. The van der Waals surface area contributed by atoms with E-state index in [0.29, 0.717) is 12.2 Å². The van der Waals surface area contributed by atoms with E-state index in [9.17, 15) is 0 Å². The van der Waals surface area contributed by atoms with Gasteiger partial charge in [0.05, 0.1) is 7.85 Å². The zero-order valence-electron chi connectivity index (χ0n) is 7.40. The molecule has 0 aliphatic carbocycles. The number of nitrogens with one attached hydrogen (secondary N) is 1. The van der Waals surface area contributed by atoms with Gasteiger partial charge in [0, 0.05) is 19.2 Å². The Labute approximate surface area is 78.3 Å². The summed E-state index contributed by atoms with van der Waals surface area (Å²) in [6.45, 7) is 0.911. The second-order valence-corrected chi connectivity index (χ2v) is 3.27. The zero-order chi connectivity index (χ0) is 9.26. The molecule has 5 heteroatoms. The van der Waals surface area contributed by atoms with Crippen LogP contribution in [0.15, 0.2) is 0 Å². The van der Waals surface area contributed by atoms with Crippen LogP contribution < -0.4 is 0 Å². The monoisotopic (exact) mass is 174 g/mol. The Morgan fingerprint density at radius 2 is 2.54 bits per heavy atom. The fraction of sp³-hybridized carbons (Fsp3) is 0.625. The molecule has 0 amide bonds. The molecule has 66 valence electrons. The van der Waals surface area contributed by atoms with Crippen molar-refractivity contribution in [3.05, 3.63) is 11.6 Å². The van der Waals surface area contributed by atoms with E-state index >= 15 is 0 Å². The Bertz CT molecular complexity index is 320. The van der Waals surface area contributed by atoms with Gasteiger partial charge >= 0.3 is 0 Å². The lowest BCUT2D eigenvalue weighted by Gasteiger charge is -2.17. The molecule has 0 spiro atoms. The topological polar surface area (TPSA) is 54.6 Å². The molecule has 1 atom stereocenters. The Kier molecular flexibility index (Phi) is 2.16. The van der Waals surface area contributed by atoms with Crippen molar-refractivity contribution in [2.45, 2.75) is 31.6 Å². The van der Waals surface area contributed by atoms with Crippen LogP contribution in [0.25, 0.3) is 0 Å². The van der Waals surface area contributed by atoms with Gasteiger partial charge in [0.2, 0.25) is 0 Å². The van der Waals surface area contributed by atoms with E-state index in [1.807, 2.05) is 4.68 Å². The Morgan fingerprint density at radius 3 is 3.23 bits per heavy atom. The maximum atomic E-state index is 6.95. The van der Waals surface area contributed by atoms with Gasteiger partial charge < -0.3 is 5.41 Å². The number of rotatable bonds is 2. The lowest BCUT2D eigenvalue weighted by atomic mass is 9.81. The van der Waals surface area contributed by atoms with Crippen LogP contribution in [0.4, 0.5) is 0 Å². The molecule has 0 bridgehead atoms. The third-order valence-corrected chi connectivity index (χ3v) is 2.25. The highest BCUT2D eigenvalue weighted by atomic mass is 15.3. The molecule has 1 aromatic rings. The van der Waals surface area contributed by atoms with E-state index in [-0.39, 0.29) is 5.82 Å². The van der Waals surface area contributed by atoms with Crippen LogP contribution in [0.1, 0.15) is 30.3 Å². The maximum Gasteiger partial charge on any atom is 0.156 e. The van der Waals surface area contributed by atoms with Crippen molar-refractivity contribution < 1.29 is 0 Å². The summed E-state index contributed by atoms with van der Waals surface area (Å²) in [5.74, 6) is 1.62. The predicted molar refractivity (Wildman–Crippen MR) is 50.2 cm³/mol. The van der Waals surface area contributed by atoms with Crippen LogP contribution in [-0.2, 0) is 13.0 Å². The molecule has 13 heavy (non-hydrogen) atoms. The van der Waals surface area contributed by atoms with E-state index in [1.165, 1.54) is 6.21 Å². The summed E-state index contributed by atoms with van der Waals surface area (Å²) in [4.78, 5) is 4.30. The van der Waals surface area contributed by atoms with Crippen molar-refractivity contribution in [1.29, 1.82) is 5.41 Å². The van der Waals surface area contributed by atoms with Crippen molar-refractivity contribution in [3.63, 3.8) is 0 Å². The lowest BCUT2D eigenvalue weighted by molar-refractivity contribution is 0.469. The molecule has 0 aromatic carbocycles. The Balaban J connectivity index is 2.30. The summed E-state index contributed by atoms with van der Waals surface area (Å²) in [5.41, 5.74) is 0. The van der Waals surface area contributed by atoms with Gasteiger partial charge in [-0.05, 0) is 18.7 Å². The minimum Gasteiger partial charge on any atom is -0.313 e. The zero-order valence-corrected chi connectivity index (χ0v) is 7.40. The largest absolute Gasteiger partial charge is 0.313 e. The number of aryl methyl sites for hydroxylation is 1. The molecule has 1 aliphatic rings. The molecule has 1 aliphatic heterocycles. The van der Waals surface area contributed by atoms with Gasteiger partial charge in [0.1, 0.15) is 5.82 Å². The molecule has 0 saturated heterocycles. The first kappa shape index (κ1) is 8.47. The molecule has 0 fully saturated rings. The Morgan fingerprint density at radius 1 is 1.69 bits per heavy atom. The predicted octanol–water partition coefficient (Wildman–Crippen LogP) is 0.474. The second kappa shape index (κ2) is 3.32. The molecule has 2 radical (unpaired) electrons. The fourth-order valence-electron chi connectivity index (χ4n) is 1.61. The SMILES string of the molecule is [B]C1CCCn2nc(CC=N)nc21. The smallest absolute Gasteiger partial charge is 0.156 e. The molecule has 1 aromatic heterocycles. The minimum atomic E-state index is 0.0285. The average Bonchev–Trinajstić information content (AvgIpc) is 2.49. The van der Waals surface area contributed by atoms with Crippen molar-refractivity contribution in [3.8, 4) is 0 Å². The first-order chi connectivity index (χ1) is 6.31. The number of fused-ring (bicyclic) bond motifs is 1. The molecule has 4 nitrogen and oxygen atoms in total. The quantitative estimate of drug-likeness (QED) is 0.523. The minimum absolute atomic E-state index is 0.0285. The molecule has 1 N–H and O–H groups in total. The number of hydrogen-bond acceptors (Lipinski definition) is 3. The summed E-state index contributed by atoms with van der Waals surface area (Å²) >= 11 is 0. The van der Waals surface area contributed by atoms with Gasteiger partial charge in [-0.2, -0.15) is 5.10 Å². The standard InChI is InChI=1S/C8H11BN4/c9-6-2-1-5-13-8(6)11-7(12-13)3-4-10/h4,6,10H,1-3,5H2. The molecular formula is C8H11BN4. The van der Waals surface area contributed by atoms with E-state index in [1.54, 1.807) is 0 Å². The highest BCUT2D eigenvalue weighted by Gasteiger charge is 2.19. The van der Waals surface area contributed by atoms with Crippen LogP contribution in [0.2, 0.25) is 0 Å². The lowest BCUT2D eigenvalue weighted by Crippen LogP contribution is -2.16. The van der Waals surface area contributed by atoms with E-state index in [0.717, 1.165) is 25.2 Å². The van der Waals surface area contributed by atoms with E-state index < -0.39 is 0 Å². The average molecular weight is 174 g/mol. The van der Waals surface area contributed by atoms with Gasteiger partial charge in [0.15, 0.2) is 5.82 Å². The first-order valence-electron chi connectivity index (χ1n) is 4.49. The van der Waals surface area contributed by atoms with Crippen molar-refractivity contribution in [2.75, 3.05) is 0 Å². The van der Waals surface area contributed by atoms with E-state index in [2.05, 4.69) is 10.1 Å². The normalized spacial score (nSPS) is 21.1. The fourth-order valence-corrected chi connectivity index (χ4v) is 1.61. The number of aromatic nitrogens is 3. The highest BCUT2D eigenvalue weighted by molar-refractivity contribution is 6.12. The van der Waals surface area contributed by atoms with Crippen molar-refractivity contribution in [2.24, 2.45) is 0 Å². The summed E-state index contributed by atoms with van der Waals surface area (Å²) in [7, 11) is 5.88. The number of hydrogen-bond donors (Lipinski definition) is 1. The van der Waals surface area contributed by atoms with Gasteiger partial charge in [-0.3, -0.25) is 4.68 Å². The van der Waals surface area contributed by atoms with Gasteiger partial charge in [-0.1, -0.05) is 0 Å². The second-order valence-electron chi connectivity index (χ2n) is 3.27. The van der Waals surface area contributed by atoms with Crippen LogP contribution in [-0.4, -0.2) is 28.8 Å². The maximum absolute atomic E-state index is 6.95. The summed E-state index contributed by atoms with van der Waals surface area (Å²) in [5, 5.41) is 11.2. The Hall–Kier alpha value is -1.13. The van der Waals surface area contributed by atoms with Crippen LogP contribution in [0, 0.1) is 5.41 Å². The van der Waals surface area contributed by atoms with Gasteiger partial charge in [-0.25, -0.2) is 4.98 Å². The first-order valence-corrected chi connectivity index (χ1v) is 4.49. The van der Waals surface area contributed by atoms with Gasteiger partial charge in [0.25, 0.3) is 0 Å². The summed E-state index contributed by atoms with van der Waals surface area (Å²) < 4.78 is 1.87. The number of nitrogens with zero attached hydrogens (tertiary/aromatic N) is 3. The van der Waals surface area contributed by atoms with Crippen molar-refractivity contribution in [1.82, 2.24) is 14.8 Å². The van der Waals surface area contributed by atoms with Crippen LogP contribution >= 0.6 is 0 Å². The van der Waals surface area contributed by atoms with E-state index in [4.69, 9.17) is 13.3 Å². The molecule has 0 saturated carbocycles. The van der Waals surface area contributed by atoms with Crippen LogP contribution in [0.5, 0.6) is 0 Å². The van der Waals surface area contributed by atoms with Crippen LogP contribution in [0.3, 0.4) is 0 Å². The van der Waals surface area contributed by atoms with Gasteiger partial charge in [-0.15, -0.1) is 0 Å². The summed E-state index contributed by atoms with van der Waals surface area (Å²) in [6.07, 6.45) is 3.88. The molecule has 1 unspecified atom stereocenters. The van der Waals surface area contributed by atoms with Crippen molar-refractivity contribution >= 4 is 14.1 Å². The third kappa shape index (κ3) is 1.50. The third-order valence-electron chi connectivity index (χ3n) is 2.25. The highest BCUT2D eigenvalue weighted by Crippen LogP contribution is 2.21. The molecule has 2 rings (SSSR count). The molecule has 2 heterocycles.